The molecule has 0 saturated carbocycles. The molecule has 4 unspecified atom stereocenters. The maximum absolute atomic E-state index is 5.90. The summed E-state index contributed by atoms with van der Waals surface area (Å²) < 4.78 is 5.90. The van der Waals surface area contributed by atoms with E-state index in [0.717, 1.165) is 13.0 Å². The minimum absolute atomic E-state index is 0.512. The van der Waals surface area contributed by atoms with E-state index < -0.39 is 0 Å². The number of nitrogens with one attached hydrogen (secondary N) is 1. The van der Waals surface area contributed by atoms with E-state index >= 15 is 0 Å². The smallest absolute Gasteiger partial charge is 0.0624 e. The van der Waals surface area contributed by atoms with Crippen molar-refractivity contribution in [1.82, 2.24) is 5.32 Å². The summed E-state index contributed by atoms with van der Waals surface area (Å²) in [6.07, 6.45) is 5.82. The lowest BCUT2D eigenvalue weighted by Crippen LogP contribution is -2.40. The molecule has 0 aromatic rings. The van der Waals surface area contributed by atoms with Gasteiger partial charge in [0.15, 0.2) is 0 Å². The third-order valence-electron chi connectivity index (χ3n) is 3.63. The largest absolute Gasteiger partial charge is 0.375 e. The summed E-state index contributed by atoms with van der Waals surface area (Å²) >= 11 is 0. The zero-order chi connectivity index (χ0) is 10.7. The fourth-order valence-electron chi connectivity index (χ4n) is 2.95. The molecule has 0 aromatic heterocycles. The van der Waals surface area contributed by atoms with Gasteiger partial charge in [0, 0.05) is 18.4 Å². The monoisotopic (exact) mass is 207 g/mol. The molecule has 0 aromatic carbocycles. The summed E-state index contributed by atoms with van der Waals surface area (Å²) in [7, 11) is 0. The molecule has 2 nitrogen and oxygen atoms in total. The maximum Gasteiger partial charge on any atom is 0.0624 e. The van der Waals surface area contributed by atoms with Gasteiger partial charge < -0.3 is 10.1 Å². The van der Waals surface area contributed by atoms with Gasteiger partial charge in [-0.05, 0) is 32.7 Å². The molecule has 2 aliphatic rings. The van der Waals surface area contributed by atoms with Crippen molar-refractivity contribution in [1.29, 1.82) is 0 Å². The molecule has 0 radical (unpaired) electrons. The molecule has 2 fully saturated rings. The Morgan fingerprint density at radius 3 is 2.87 bits per heavy atom. The highest BCUT2D eigenvalue weighted by molar-refractivity contribution is 5.03. The van der Waals surface area contributed by atoms with Crippen molar-refractivity contribution in [2.24, 2.45) is 5.92 Å². The summed E-state index contributed by atoms with van der Waals surface area (Å²) in [5.74, 6) is 6.89. The second kappa shape index (κ2) is 5.01. The van der Waals surface area contributed by atoms with E-state index in [0.29, 0.717) is 24.2 Å². The average molecular weight is 207 g/mol. The third-order valence-corrected chi connectivity index (χ3v) is 3.63. The van der Waals surface area contributed by atoms with Crippen molar-refractivity contribution in [2.45, 2.75) is 57.8 Å². The minimum Gasteiger partial charge on any atom is -0.375 e. The summed E-state index contributed by atoms with van der Waals surface area (Å²) in [6.45, 7) is 5.12. The molecule has 2 saturated heterocycles. The van der Waals surface area contributed by atoms with Crippen molar-refractivity contribution in [3.8, 4) is 11.8 Å². The number of fused-ring (bicyclic) bond motifs is 2. The van der Waals surface area contributed by atoms with E-state index in [9.17, 15) is 0 Å². The Morgan fingerprint density at radius 1 is 1.47 bits per heavy atom. The first-order valence-corrected chi connectivity index (χ1v) is 6.13. The van der Waals surface area contributed by atoms with Crippen LogP contribution in [0.1, 0.15) is 39.5 Å². The summed E-state index contributed by atoms with van der Waals surface area (Å²) in [5.41, 5.74) is 0. The van der Waals surface area contributed by atoms with Gasteiger partial charge in [-0.25, -0.2) is 0 Å². The first-order chi connectivity index (χ1) is 7.35. The number of hydrogen-bond acceptors (Lipinski definition) is 2. The molecule has 0 amide bonds. The highest BCUT2D eigenvalue weighted by Crippen LogP contribution is 2.40. The van der Waals surface area contributed by atoms with Crippen molar-refractivity contribution in [3.05, 3.63) is 0 Å². The molecule has 1 N–H and O–H groups in total. The number of hydrogen-bond donors (Lipinski definition) is 1. The van der Waals surface area contributed by atoms with Crippen molar-refractivity contribution in [3.63, 3.8) is 0 Å². The number of rotatable bonds is 4. The van der Waals surface area contributed by atoms with Crippen LogP contribution in [0.15, 0.2) is 0 Å². The van der Waals surface area contributed by atoms with Gasteiger partial charge in [-0.1, -0.05) is 6.92 Å². The molecular weight excluding hydrogens is 186 g/mol. The molecule has 15 heavy (non-hydrogen) atoms. The molecule has 84 valence electrons. The first kappa shape index (κ1) is 11.0. The van der Waals surface area contributed by atoms with E-state index in [4.69, 9.17) is 4.74 Å². The van der Waals surface area contributed by atoms with Gasteiger partial charge in [0.25, 0.3) is 0 Å². The molecular formula is C13H21NO. The van der Waals surface area contributed by atoms with Gasteiger partial charge in [-0.2, -0.15) is 0 Å². The van der Waals surface area contributed by atoms with Crippen LogP contribution in [-0.4, -0.2) is 24.8 Å². The summed E-state index contributed by atoms with van der Waals surface area (Å²) in [6, 6.07) is 0.540. The quantitative estimate of drug-likeness (QED) is 0.711. The molecule has 2 aliphatic heterocycles. The molecule has 2 rings (SSSR count). The third kappa shape index (κ3) is 2.35. The molecule has 0 spiro atoms. The summed E-state index contributed by atoms with van der Waals surface area (Å²) in [4.78, 5) is 0. The predicted octanol–water partition coefficient (Wildman–Crippen LogP) is 1.95. The fraction of sp³-hybridized carbons (Fsp3) is 0.846. The van der Waals surface area contributed by atoms with E-state index in [1.807, 2.05) is 6.92 Å². The van der Waals surface area contributed by atoms with Gasteiger partial charge in [-0.15, -0.1) is 11.8 Å². The second-order valence-electron chi connectivity index (χ2n) is 4.57. The molecule has 0 aliphatic carbocycles. The van der Waals surface area contributed by atoms with Crippen molar-refractivity contribution < 1.29 is 4.74 Å². The Kier molecular flexibility index (Phi) is 3.66. The minimum atomic E-state index is 0.512. The van der Waals surface area contributed by atoms with Gasteiger partial charge in [-0.3, -0.25) is 0 Å². The average Bonchev–Trinajstić information content (AvgIpc) is 2.85. The normalized spacial score (nSPS) is 34.9. The van der Waals surface area contributed by atoms with Crippen LogP contribution >= 0.6 is 0 Å². The van der Waals surface area contributed by atoms with Gasteiger partial charge >= 0.3 is 0 Å². The predicted molar refractivity (Wildman–Crippen MR) is 61.5 cm³/mol. The van der Waals surface area contributed by atoms with Gasteiger partial charge in [0.2, 0.25) is 0 Å². The topological polar surface area (TPSA) is 21.3 Å². The molecule has 2 heteroatoms. The standard InChI is InChI=1S/C13H21NO/c1-3-5-6-12(14-4-2)11-9-10-7-8-13(11)15-10/h10-14H,4,6-9H2,1-2H3. The summed E-state index contributed by atoms with van der Waals surface area (Å²) in [5, 5.41) is 3.56. The lowest BCUT2D eigenvalue weighted by atomic mass is 9.82. The zero-order valence-electron chi connectivity index (χ0n) is 9.75. The van der Waals surface area contributed by atoms with E-state index in [1.165, 1.54) is 19.3 Å². The number of ether oxygens (including phenoxy) is 1. The highest BCUT2D eigenvalue weighted by atomic mass is 16.5. The van der Waals surface area contributed by atoms with Crippen LogP contribution in [0.2, 0.25) is 0 Å². The van der Waals surface area contributed by atoms with Crippen LogP contribution in [0, 0.1) is 17.8 Å². The fourth-order valence-corrected chi connectivity index (χ4v) is 2.95. The van der Waals surface area contributed by atoms with Crippen LogP contribution in [0.4, 0.5) is 0 Å². The molecule has 2 bridgehead atoms. The van der Waals surface area contributed by atoms with Crippen LogP contribution in [0.3, 0.4) is 0 Å². The Balaban J connectivity index is 1.94. The van der Waals surface area contributed by atoms with Gasteiger partial charge in [0.1, 0.15) is 0 Å². The Labute approximate surface area is 92.8 Å². The first-order valence-electron chi connectivity index (χ1n) is 6.13. The molecule has 4 atom stereocenters. The van der Waals surface area contributed by atoms with Crippen LogP contribution in [0.25, 0.3) is 0 Å². The van der Waals surface area contributed by atoms with E-state index in [-0.39, 0.29) is 0 Å². The SMILES string of the molecule is CC#CCC(NCC)C1CC2CCC1O2. The lowest BCUT2D eigenvalue weighted by Gasteiger charge is -2.27. The second-order valence-corrected chi connectivity index (χ2v) is 4.57. The molecule has 2 heterocycles. The highest BCUT2D eigenvalue weighted by Gasteiger charge is 2.43. The van der Waals surface area contributed by atoms with Gasteiger partial charge in [0.05, 0.1) is 12.2 Å². The zero-order valence-corrected chi connectivity index (χ0v) is 9.75. The van der Waals surface area contributed by atoms with E-state index in [1.54, 1.807) is 0 Å². The Morgan fingerprint density at radius 2 is 2.33 bits per heavy atom. The van der Waals surface area contributed by atoms with Crippen molar-refractivity contribution >= 4 is 0 Å². The Hall–Kier alpha value is -0.520. The van der Waals surface area contributed by atoms with Crippen molar-refractivity contribution in [2.75, 3.05) is 6.54 Å². The van der Waals surface area contributed by atoms with Crippen LogP contribution < -0.4 is 5.32 Å². The van der Waals surface area contributed by atoms with Crippen LogP contribution in [-0.2, 0) is 4.74 Å². The van der Waals surface area contributed by atoms with Crippen LogP contribution in [0.5, 0.6) is 0 Å². The van der Waals surface area contributed by atoms with E-state index in [2.05, 4.69) is 24.1 Å². The Bertz CT molecular complexity index is 265. The lowest BCUT2D eigenvalue weighted by molar-refractivity contribution is 0.0862. The maximum atomic E-state index is 5.90.